The zero-order valence-corrected chi connectivity index (χ0v) is 7.01. The largest absolute Gasteiger partial charge is 0.416 e. The summed E-state index contributed by atoms with van der Waals surface area (Å²) in [4.78, 5) is 10.4. The number of carbonyl (C=O) groups is 1. The molecule has 0 fully saturated rings. The third-order valence-corrected chi connectivity index (χ3v) is 1.52. The molecule has 1 radical (unpaired) electrons. The molecule has 1 aromatic rings. The number of hydrogen-bond acceptors (Lipinski definition) is 1. The second kappa shape index (κ2) is 3.69. The van der Waals surface area contributed by atoms with Crippen LogP contribution in [0.2, 0.25) is 0 Å². The van der Waals surface area contributed by atoms with E-state index in [2.05, 4.69) is 0 Å². The molecule has 0 unspecified atom stereocenters. The van der Waals surface area contributed by atoms with E-state index in [0.29, 0.717) is 0 Å². The summed E-state index contributed by atoms with van der Waals surface area (Å²) in [6, 6.07) is 4.39. The predicted molar refractivity (Wildman–Crippen MR) is 44.0 cm³/mol. The van der Waals surface area contributed by atoms with Gasteiger partial charge in [-0.3, -0.25) is 4.79 Å². The molecular weight excluding hydrogens is 195 g/mol. The number of hydrogen-bond donors (Lipinski definition) is 1. The zero-order chi connectivity index (χ0) is 10.8. The van der Waals surface area contributed by atoms with Crippen LogP contribution in [0.25, 0.3) is 0 Å². The first-order valence-electron chi connectivity index (χ1n) is 3.71. The van der Waals surface area contributed by atoms with Gasteiger partial charge >= 0.3 is 6.18 Å². The van der Waals surface area contributed by atoms with Crippen molar-refractivity contribution in [2.24, 2.45) is 5.73 Å². The predicted octanol–water partition coefficient (Wildman–Crippen LogP) is 1.74. The van der Waals surface area contributed by atoms with Gasteiger partial charge in [-0.25, -0.2) is 0 Å². The standard InChI is InChI=1S/C9H7F3NO/c10-9(11,12)7-3-1-2-6(4-7)5-8(13)14/h1-5H,(H2,13,14). The van der Waals surface area contributed by atoms with Gasteiger partial charge in [-0.05, 0) is 11.6 Å². The summed E-state index contributed by atoms with van der Waals surface area (Å²) >= 11 is 0. The number of primary amides is 1. The van der Waals surface area contributed by atoms with Gasteiger partial charge in [0.15, 0.2) is 0 Å². The lowest BCUT2D eigenvalue weighted by Crippen LogP contribution is -2.12. The molecular formula is C9H7F3NO. The molecule has 0 saturated heterocycles. The van der Waals surface area contributed by atoms with Crippen LogP contribution in [0.4, 0.5) is 13.2 Å². The van der Waals surface area contributed by atoms with Gasteiger partial charge in [0.25, 0.3) is 0 Å². The van der Waals surface area contributed by atoms with Crippen molar-refractivity contribution in [3.05, 3.63) is 41.8 Å². The lowest BCUT2D eigenvalue weighted by molar-refractivity contribution is -0.137. The number of nitrogens with two attached hydrogens (primary N) is 1. The van der Waals surface area contributed by atoms with Gasteiger partial charge in [0.1, 0.15) is 0 Å². The van der Waals surface area contributed by atoms with Gasteiger partial charge < -0.3 is 5.73 Å². The first kappa shape index (κ1) is 10.6. The van der Waals surface area contributed by atoms with E-state index in [9.17, 15) is 18.0 Å². The Kier molecular flexibility index (Phi) is 2.78. The van der Waals surface area contributed by atoms with Gasteiger partial charge in [0.05, 0.1) is 12.0 Å². The molecule has 1 rings (SSSR count). The Morgan fingerprint density at radius 2 is 2.00 bits per heavy atom. The molecule has 0 aliphatic rings. The van der Waals surface area contributed by atoms with Crippen LogP contribution in [-0.2, 0) is 11.0 Å². The van der Waals surface area contributed by atoms with Gasteiger partial charge in [0.2, 0.25) is 5.91 Å². The minimum atomic E-state index is -4.40. The molecule has 75 valence electrons. The van der Waals surface area contributed by atoms with Gasteiger partial charge in [-0.1, -0.05) is 18.2 Å². The third-order valence-electron chi connectivity index (χ3n) is 1.52. The maximum absolute atomic E-state index is 12.2. The fourth-order valence-corrected chi connectivity index (χ4v) is 0.969. The van der Waals surface area contributed by atoms with Crippen molar-refractivity contribution in [3.8, 4) is 0 Å². The molecule has 2 nitrogen and oxygen atoms in total. The highest BCUT2D eigenvalue weighted by atomic mass is 19.4. The van der Waals surface area contributed by atoms with Crippen LogP contribution in [-0.4, -0.2) is 5.91 Å². The van der Waals surface area contributed by atoms with Gasteiger partial charge in [0, 0.05) is 0 Å². The topological polar surface area (TPSA) is 43.1 Å². The molecule has 5 heteroatoms. The Morgan fingerprint density at radius 3 is 2.50 bits per heavy atom. The average Bonchev–Trinajstić information content (AvgIpc) is 2.01. The zero-order valence-electron chi connectivity index (χ0n) is 7.01. The Labute approximate surface area is 78.5 Å². The van der Waals surface area contributed by atoms with E-state index in [0.717, 1.165) is 18.6 Å². The van der Waals surface area contributed by atoms with E-state index in [4.69, 9.17) is 5.73 Å². The van der Waals surface area contributed by atoms with Crippen molar-refractivity contribution < 1.29 is 18.0 Å². The second-order valence-electron chi connectivity index (χ2n) is 2.67. The summed E-state index contributed by atoms with van der Waals surface area (Å²) in [6.45, 7) is 0. The van der Waals surface area contributed by atoms with Crippen LogP contribution in [0, 0.1) is 6.42 Å². The summed E-state index contributed by atoms with van der Waals surface area (Å²) < 4.78 is 36.5. The van der Waals surface area contributed by atoms with Crippen LogP contribution >= 0.6 is 0 Å². The maximum atomic E-state index is 12.2. The molecule has 14 heavy (non-hydrogen) atoms. The van der Waals surface area contributed by atoms with Crippen LogP contribution in [0.15, 0.2) is 24.3 Å². The highest BCUT2D eigenvalue weighted by Crippen LogP contribution is 2.29. The first-order chi connectivity index (χ1) is 6.39. The summed E-state index contributed by atoms with van der Waals surface area (Å²) in [5.74, 6) is -0.774. The normalized spacial score (nSPS) is 11.4. The van der Waals surface area contributed by atoms with Crippen molar-refractivity contribution in [1.29, 1.82) is 0 Å². The smallest absolute Gasteiger partial charge is 0.369 e. The minimum Gasteiger partial charge on any atom is -0.369 e. The molecule has 0 bridgehead atoms. The van der Waals surface area contributed by atoms with E-state index >= 15 is 0 Å². The molecule has 1 aromatic carbocycles. The molecule has 0 heterocycles. The lowest BCUT2D eigenvalue weighted by atomic mass is 10.1. The summed E-state index contributed by atoms with van der Waals surface area (Å²) in [7, 11) is 0. The number of carbonyl (C=O) groups excluding carboxylic acids is 1. The Bertz CT molecular complexity index is 346. The summed E-state index contributed by atoms with van der Waals surface area (Å²) in [5, 5.41) is 0. The Hall–Kier alpha value is -1.52. The highest BCUT2D eigenvalue weighted by Gasteiger charge is 2.30. The van der Waals surface area contributed by atoms with Crippen molar-refractivity contribution in [2.45, 2.75) is 6.18 Å². The van der Waals surface area contributed by atoms with Gasteiger partial charge in [-0.15, -0.1) is 0 Å². The van der Waals surface area contributed by atoms with E-state index in [1.54, 1.807) is 0 Å². The van der Waals surface area contributed by atoms with Crippen molar-refractivity contribution >= 4 is 5.91 Å². The molecule has 0 aromatic heterocycles. The van der Waals surface area contributed by atoms with Crippen molar-refractivity contribution in [2.75, 3.05) is 0 Å². The fourth-order valence-electron chi connectivity index (χ4n) is 0.969. The van der Waals surface area contributed by atoms with Crippen LogP contribution in [0.5, 0.6) is 0 Å². The van der Waals surface area contributed by atoms with E-state index < -0.39 is 17.6 Å². The Morgan fingerprint density at radius 1 is 1.36 bits per heavy atom. The molecule has 1 amide bonds. The van der Waals surface area contributed by atoms with Crippen molar-refractivity contribution in [1.82, 2.24) is 0 Å². The molecule has 0 aliphatic heterocycles. The van der Waals surface area contributed by atoms with Crippen LogP contribution in [0.3, 0.4) is 0 Å². The van der Waals surface area contributed by atoms with Crippen LogP contribution < -0.4 is 5.73 Å². The van der Waals surface area contributed by atoms with Crippen LogP contribution in [0.1, 0.15) is 11.1 Å². The molecule has 0 spiro atoms. The quantitative estimate of drug-likeness (QED) is 0.779. The number of alkyl halides is 3. The fraction of sp³-hybridized carbons (Fsp3) is 0.111. The molecule has 0 aliphatic carbocycles. The van der Waals surface area contributed by atoms with Gasteiger partial charge in [-0.2, -0.15) is 13.2 Å². The monoisotopic (exact) mass is 202 g/mol. The summed E-state index contributed by atoms with van der Waals surface area (Å²) in [5.41, 5.74) is 4.15. The van der Waals surface area contributed by atoms with E-state index in [1.807, 2.05) is 0 Å². The summed E-state index contributed by atoms with van der Waals surface area (Å²) in [6.07, 6.45) is -3.46. The van der Waals surface area contributed by atoms with Crippen molar-refractivity contribution in [3.63, 3.8) is 0 Å². The third kappa shape index (κ3) is 2.76. The SMILES string of the molecule is NC(=O)[CH]c1cccc(C(F)(F)F)c1. The number of rotatable bonds is 2. The minimum absolute atomic E-state index is 0.146. The van der Waals surface area contributed by atoms with E-state index in [-0.39, 0.29) is 5.56 Å². The highest BCUT2D eigenvalue weighted by molar-refractivity contribution is 5.86. The number of amides is 1. The maximum Gasteiger partial charge on any atom is 0.416 e. The number of halogens is 3. The molecule has 2 N–H and O–H groups in total. The average molecular weight is 202 g/mol. The molecule has 0 saturated carbocycles. The second-order valence-corrected chi connectivity index (χ2v) is 2.67. The Balaban J connectivity index is 2.95. The first-order valence-corrected chi connectivity index (χ1v) is 3.71. The van der Waals surface area contributed by atoms with E-state index in [1.165, 1.54) is 12.1 Å². The number of benzene rings is 1. The molecule has 0 atom stereocenters. The lowest BCUT2D eigenvalue weighted by Gasteiger charge is -2.07.